The van der Waals surface area contributed by atoms with Gasteiger partial charge in [-0.1, -0.05) is 56.3 Å². The number of allylic oxidation sites excluding steroid dienone is 4. The number of anilines is 1. The zero-order chi connectivity index (χ0) is 34.1. The first-order valence-corrected chi connectivity index (χ1v) is 16.9. The molecule has 0 unspecified atom stereocenters. The molecular formula is C37H39ClN2O7. The van der Waals surface area contributed by atoms with Crippen molar-refractivity contribution in [1.29, 1.82) is 0 Å². The van der Waals surface area contributed by atoms with Crippen molar-refractivity contribution in [3.63, 3.8) is 0 Å². The molecule has 0 amide bonds. The number of carbonyl (C=O) groups is 1. The predicted octanol–water partition coefficient (Wildman–Crippen LogP) is 2.84. The van der Waals surface area contributed by atoms with Gasteiger partial charge in [-0.05, 0) is 74.1 Å². The number of halogens is 1. The Morgan fingerprint density at radius 3 is 2.28 bits per heavy atom. The molecule has 2 aliphatic heterocycles. The van der Waals surface area contributed by atoms with Gasteiger partial charge in [-0.25, -0.2) is 28.0 Å². The number of fused-ring (bicyclic) bond motifs is 3. The molecule has 0 saturated carbocycles. The highest BCUT2D eigenvalue weighted by molar-refractivity contribution is 6.00. The molecule has 2 aromatic carbocycles. The molecule has 0 bridgehead atoms. The van der Waals surface area contributed by atoms with Crippen LogP contribution in [-0.4, -0.2) is 31.2 Å². The van der Waals surface area contributed by atoms with E-state index in [9.17, 15) is 9.90 Å². The fourth-order valence-corrected chi connectivity index (χ4v) is 6.94. The third-order valence-electron chi connectivity index (χ3n) is 9.13. The Bertz CT molecular complexity index is 1900. The van der Waals surface area contributed by atoms with Crippen LogP contribution in [0.1, 0.15) is 67.8 Å². The maximum Gasteiger partial charge on any atom is 0.336 e. The van der Waals surface area contributed by atoms with Gasteiger partial charge >= 0.3 is 5.97 Å². The first kappa shape index (κ1) is 34.1. The lowest BCUT2D eigenvalue weighted by molar-refractivity contribution is -2.00. The molecule has 6 rings (SSSR count). The van der Waals surface area contributed by atoms with Gasteiger partial charge in [0.1, 0.15) is 24.6 Å². The zero-order valence-corrected chi connectivity index (χ0v) is 28.0. The third-order valence-corrected chi connectivity index (χ3v) is 9.13. The molecule has 0 spiro atoms. The first-order chi connectivity index (χ1) is 22.3. The molecular weight excluding hydrogens is 620 g/mol. The Morgan fingerprint density at radius 2 is 1.62 bits per heavy atom. The maximum atomic E-state index is 12.4. The average Bonchev–Trinajstić information content (AvgIpc) is 3.22. The number of hydrogen-bond acceptors (Lipinski definition) is 7. The highest BCUT2D eigenvalue weighted by Gasteiger charge is 2.38. The summed E-state index contributed by atoms with van der Waals surface area (Å²) in [5.41, 5.74) is 8.89. The SMILES string of the molecule is CC[N+](CC)=c1ccc2c(-c3ccccc3C(=O)O)c3c(oc-2c1)/C(=C/C=C1/N(C)c2ccccc2C1(C)C)CCC3.[O-][Cl+3]([O-])([O-])[O-]. The number of likely N-dealkylation sites (N-methyl/N-ethyl adjacent to an activating group) is 1. The van der Waals surface area contributed by atoms with Gasteiger partial charge in [-0.3, -0.25) is 0 Å². The molecule has 0 aromatic heterocycles. The fourth-order valence-electron chi connectivity index (χ4n) is 6.94. The lowest BCUT2D eigenvalue weighted by Crippen LogP contribution is -2.68. The molecule has 0 saturated heterocycles. The van der Waals surface area contributed by atoms with Crippen LogP contribution in [0, 0.1) is 10.2 Å². The second kappa shape index (κ2) is 13.5. The standard InChI is InChI=1S/C37H38N2O3.ClHO4/c1-6-39(7-2)25-20-21-28-32(23-25)42-35-24(19-22-33-37(3,4)30-17-10-11-18-31(30)38(33)5)13-12-16-29(35)34(28)26-14-8-9-15-27(26)36(40)41;2-1(3,4)5/h8-11,14-15,17-23H,6-7,12-13,16H2,1-5H3;(H,2,3,4,5). The summed E-state index contributed by atoms with van der Waals surface area (Å²) < 4.78 is 43.1. The number of hydrogen-bond donors (Lipinski definition) is 1. The van der Waals surface area contributed by atoms with E-state index < -0.39 is 16.2 Å². The second-order valence-corrected chi connectivity index (χ2v) is 12.9. The number of benzene rings is 3. The fraction of sp³-hybridized carbons (Fsp3) is 0.297. The minimum Gasteiger partial charge on any atom is -0.478 e. The van der Waals surface area contributed by atoms with Crippen molar-refractivity contribution in [2.45, 2.75) is 52.4 Å². The van der Waals surface area contributed by atoms with E-state index in [0.717, 1.165) is 77.1 Å². The number of para-hydroxylation sites is 1. The molecule has 0 atom stereocenters. The summed E-state index contributed by atoms with van der Waals surface area (Å²) in [6, 6.07) is 22.3. The number of carboxylic acid groups (broad SMARTS) is 1. The highest BCUT2D eigenvalue weighted by Crippen LogP contribution is 2.48. The van der Waals surface area contributed by atoms with Crippen LogP contribution in [-0.2, 0) is 11.8 Å². The van der Waals surface area contributed by atoms with Crippen molar-refractivity contribution >= 4 is 17.2 Å². The summed E-state index contributed by atoms with van der Waals surface area (Å²) in [5.74, 6) is 0.725. The van der Waals surface area contributed by atoms with E-state index in [1.54, 1.807) is 12.1 Å². The number of carboxylic acids is 1. The summed E-state index contributed by atoms with van der Waals surface area (Å²) in [6.45, 7) is 10.7. The molecule has 10 heteroatoms. The normalized spacial score (nSPS) is 16.9. The van der Waals surface area contributed by atoms with Gasteiger partial charge in [-0.15, -0.1) is 10.2 Å². The number of nitrogens with zero attached hydrogens (tertiary/aromatic N) is 2. The number of rotatable bonds is 5. The lowest BCUT2D eigenvalue weighted by Gasteiger charge is -2.26. The van der Waals surface area contributed by atoms with Gasteiger partial charge in [0.05, 0.1) is 11.6 Å². The smallest absolute Gasteiger partial charge is 0.336 e. The highest BCUT2D eigenvalue weighted by atomic mass is 35.7. The van der Waals surface area contributed by atoms with Crippen LogP contribution in [0.25, 0.3) is 28.0 Å². The monoisotopic (exact) mass is 658 g/mol. The molecule has 0 radical (unpaired) electrons. The van der Waals surface area contributed by atoms with E-state index in [4.69, 9.17) is 23.1 Å². The van der Waals surface area contributed by atoms with E-state index in [-0.39, 0.29) is 5.41 Å². The molecule has 2 heterocycles. The predicted molar refractivity (Wildman–Crippen MR) is 171 cm³/mol. The van der Waals surface area contributed by atoms with Crippen LogP contribution in [0.15, 0.2) is 89.0 Å². The molecule has 246 valence electrons. The quantitative estimate of drug-likeness (QED) is 0.322. The van der Waals surface area contributed by atoms with Gasteiger partial charge in [-0.2, -0.15) is 0 Å². The largest absolute Gasteiger partial charge is 0.478 e. The van der Waals surface area contributed by atoms with Crippen LogP contribution in [0.2, 0.25) is 0 Å². The Hall–Kier alpha value is -4.25. The topological polar surface area (TPSA) is 149 Å². The molecule has 9 nitrogen and oxygen atoms in total. The van der Waals surface area contributed by atoms with Gasteiger partial charge in [0, 0.05) is 46.6 Å². The van der Waals surface area contributed by atoms with Crippen molar-refractivity contribution in [2.75, 3.05) is 25.0 Å². The molecule has 1 N–H and O–H groups in total. The number of aromatic carboxylic acids is 1. The van der Waals surface area contributed by atoms with E-state index >= 15 is 0 Å². The summed E-state index contributed by atoms with van der Waals surface area (Å²) >= 11 is 0. The van der Waals surface area contributed by atoms with Crippen molar-refractivity contribution in [3.05, 3.63) is 112 Å². The van der Waals surface area contributed by atoms with Gasteiger partial charge in [0.25, 0.3) is 0 Å². The van der Waals surface area contributed by atoms with Crippen LogP contribution < -0.4 is 33.5 Å². The Labute approximate surface area is 276 Å². The van der Waals surface area contributed by atoms with E-state index in [1.807, 2.05) is 12.1 Å². The molecule has 4 aliphatic rings. The molecule has 0 fully saturated rings. The third kappa shape index (κ3) is 6.90. The lowest BCUT2D eigenvalue weighted by atomic mass is 9.82. The van der Waals surface area contributed by atoms with Gasteiger partial charge in [0.2, 0.25) is 5.36 Å². The van der Waals surface area contributed by atoms with Crippen LogP contribution in [0.4, 0.5) is 5.69 Å². The summed E-state index contributed by atoms with van der Waals surface area (Å²) in [5, 5.41) is 11.2. The van der Waals surface area contributed by atoms with Crippen molar-refractivity contribution in [3.8, 4) is 22.5 Å². The van der Waals surface area contributed by atoms with Crippen LogP contribution in [0.3, 0.4) is 0 Å². The second-order valence-electron chi connectivity index (χ2n) is 12.2. The zero-order valence-electron chi connectivity index (χ0n) is 27.2. The Kier molecular flexibility index (Phi) is 9.77. The molecule has 47 heavy (non-hydrogen) atoms. The van der Waals surface area contributed by atoms with Crippen LogP contribution in [0.5, 0.6) is 0 Å². The van der Waals surface area contributed by atoms with Gasteiger partial charge in [0.15, 0.2) is 0 Å². The average molecular weight is 659 g/mol. The van der Waals surface area contributed by atoms with Crippen molar-refractivity contribution < 1.29 is 43.2 Å². The summed E-state index contributed by atoms with van der Waals surface area (Å²) in [4.78, 5) is 14.7. The maximum absolute atomic E-state index is 12.4. The van der Waals surface area contributed by atoms with Crippen LogP contribution >= 0.6 is 0 Å². The molecule has 2 aliphatic carbocycles. The minimum absolute atomic E-state index is 0.120. The Morgan fingerprint density at radius 1 is 0.957 bits per heavy atom. The van der Waals surface area contributed by atoms with E-state index in [0.29, 0.717) is 5.56 Å². The van der Waals surface area contributed by atoms with Gasteiger partial charge < -0.3 is 14.4 Å². The summed E-state index contributed by atoms with van der Waals surface area (Å²) in [7, 11) is -2.81. The first-order valence-electron chi connectivity index (χ1n) is 15.6. The Balaban J connectivity index is 0.000000807. The minimum atomic E-state index is -4.94. The molecule has 2 aromatic rings. The van der Waals surface area contributed by atoms with Crippen molar-refractivity contribution in [1.82, 2.24) is 4.58 Å². The van der Waals surface area contributed by atoms with Crippen molar-refractivity contribution in [2.24, 2.45) is 0 Å². The van der Waals surface area contributed by atoms with E-state index in [1.165, 1.54) is 16.9 Å². The summed E-state index contributed by atoms with van der Waals surface area (Å²) in [6.07, 6.45) is 7.19. The van der Waals surface area contributed by atoms with E-state index in [2.05, 4.69) is 98.8 Å².